The Balaban J connectivity index is 1.37. The summed E-state index contributed by atoms with van der Waals surface area (Å²) in [5.74, 6) is 0.736. The van der Waals surface area contributed by atoms with E-state index in [9.17, 15) is 9.59 Å². The van der Waals surface area contributed by atoms with Gasteiger partial charge in [0.1, 0.15) is 5.75 Å². The number of carbonyl (C=O) groups is 2. The first-order chi connectivity index (χ1) is 17.1. The van der Waals surface area contributed by atoms with Gasteiger partial charge in [-0.3, -0.25) is 14.6 Å². The standard InChI is InChI=1S/C26H30N4O5/c1-33-21-8-4-6-19(16-21)24-17-23(29-35-24)26(32)30(18-22-9-5-15-34-22)14-11-25(31)28-13-10-20-7-2-3-12-27-20/h2-4,6-8,12,16-17,22H,5,9-11,13-15,18H2,1H3,(H,28,31)/t22-/m0/s1. The molecule has 35 heavy (non-hydrogen) atoms. The third-order valence-electron chi connectivity index (χ3n) is 5.86. The van der Waals surface area contributed by atoms with Crippen molar-refractivity contribution in [2.75, 3.05) is 33.4 Å². The predicted octanol–water partition coefficient (Wildman–Crippen LogP) is 3.12. The van der Waals surface area contributed by atoms with Gasteiger partial charge < -0.3 is 24.2 Å². The molecule has 0 unspecified atom stereocenters. The van der Waals surface area contributed by atoms with Crippen molar-refractivity contribution >= 4 is 11.8 Å². The molecule has 1 N–H and O–H groups in total. The summed E-state index contributed by atoms with van der Waals surface area (Å²) in [6, 6.07) is 14.7. The van der Waals surface area contributed by atoms with E-state index in [0.29, 0.717) is 37.6 Å². The Labute approximate surface area is 204 Å². The average Bonchev–Trinajstić information content (AvgIpc) is 3.59. The van der Waals surface area contributed by atoms with Crippen molar-refractivity contribution in [3.63, 3.8) is 0 Å². The van der Waals surface area contributed by atoms with Gasteiger partial charge in [-0.05, 0) is 37.1 Å². The van der Waals surface area contributed by atoms with Crippen LogP contribution in [0.25, 0.3) is 11.3 Å². The van der Waals surface area contributed by atoms with Crippen LogP contribution in [0.5, 0.6) is 5.75 Å². The summed E-state index contributed by atoms with van der Waals surface area (Å²) in [6.07, 6.45) is 4.36. The molecular formula is C26H30N4O5. The fraction of sp³-hybridized carbons (Fsp3) is 0.385. The SMILES string of the molecule is COc1cccc(-c2cc(C(=O)N(CCC(=O)NCCc3ccccn3)C[C@@H]3CCCO3)no2)c1. The molecular weight excluding hydrogens is 448 g/mol. The van der Waals surface area contributed by atoms with Crippen LogP contribution in [0.4, 0.5) is 0 Å². The first kappa shape index (κ1) is 24.4. The smallest absolute Gasteiger partial charge is 0.276 e. The maximum Gasteiger partial charge on any atom is 0.276 e. The number of methoxy groups -OCH3 is 1. The van der Waals surface area contributed by atoms with E-state index in [1.165, 1.54) is 0 Å². The largest absolute Gasteiger partial charge is 0.497 e. The van der Waals surface area contributed by atoms with Gasteiger partial charge in [0.25, 0.3) is 5.91 Å². The number of aromatic nitrogens is 2. The highest BCUT2D eigenvalue weighted by Gasteiger charge is 2.26. The van der Waals surface area contributed by atoms with Crippen LogP contribution in [0, 0.1) is 0 Å². The molecule has 9 nitrogen and oxygen atoms in total. The number of nitrogens with zero attached hydrogens (tertiary/aromatic N) is 3. The molecule has 2 amide bonds. The van der Waals surface area contributed by atoms with Gasteiger partial charge in [-0.1, -0.05) is 23.4 Å². The number of ether oxygens (including phenoxy) is 2. The molecule has 3 heterocycles. The Morgan fingerprint density at radius 2 is 2.11 bits per heavy atom. The van der Waals surface area contributed by atoms with E-state index in [4.69, 9.17) is 14.0 Å². The minimum Gasteiger partial charge on any atom is -0.497 e. The molecule has 0 spiro atoms. The minimum absolute atomic E-state index is 0.0454. The number of carbonyl (C=O) groups excluding carboxylic acids is 2. The molecule has 9 heteroatoms. The highest BCUT2D eigenvalue weighted by Crippen LogP contribution is 2.25. The van der Waals surface area contributed by atoms with Crippen molar-refractivity contribution in [1.29, 1.82) is 0 Å². The Kier molecular flexibility index (Phi) is 8.45. The molecule has 1 saturated heterocycles. The van der Waals surface area contributed by atoms with E-state index in [-0.39, 0.29) is 36.6 Å². The van der Waals surface area contributed by atoms with Crippen LogP contribution >= 0.6 is 0 Å². The summed E-state index contributed by atoms with van der Waals surface area (Å²) in [5.41, 5.74) is 1.87. The molecule has 0 radical (unpaired) electrons. The number of amides is 2. The molecule has 0 saturated carbocycles. The second-order valence-electron chi connectivity index (χ2n) is 8.37. The number of nitrogens with one attached hydrogen (secondary N) is 1. The zero-order valence-corrected chi connectivity index (χ0v) is 19.8. The molecule has 2 aromatic heterocycles. The fourth-order valence-corrected chi connectivity index (χ4v) is 3.96. The van der Waals surface area contributed by atoms with Gasteiger partial charge in [-0.2, -0.15) is 0 Å². The lowest BCUT2D eigenvalue weighted by Crippen LogP contribution is -2.40. The molecule has 1 atom stereocenters. The second kappa shape index (κ2) is 12.1. The molecule has 4 rings (SSSR count). The fourth-order valence-electron chi connectivity index (χ4n) is 3.96. The van der Waals surface area contributed by atoms with Crippen LogP contribution in [-0.2, 0) is 16.0 Å². The Hall–Kier alpha value is -3.72. The number of hydrogen-bond donors (Lipinski definition) is 1. The van der Waals surface area contributed by atoms with Crippen LogP contribution in [0.1, 0.15) is 35.4 Å². The number of benzene rings is 1. The number of hydrogen-bond acceptors (Lipinski definition) is 7. The van der Waals surface area contributed by atoms with Crippen molar-refractivity contribution in [3.05, 3.63) is 66.1 Å². The average molecular weight is 479 g/mol. The molecule has 184 valence electrons. The number of rotatable bonds is 11. The van der Waals surface area contributed by atoms with Gasteiger partial charge in [0, 0.05) is 62.6 Å². The van der Waals surface area contributed by atoms with E-state index in [2.05, 4.69) is 15.5 Å². The molecule has 0 bridgehead atoms. The lowest BCUT2D eigenvalue weighted by Gasteiger charge is -2.24. The Morgan fingerprint density at radius 1 is 1.20 bits per heavy atom. The second-order valence-corrected chi connectivity index (χ2v) is 8.37. The lowest BCUT2D eigenvalue weighted by atomic mass is 10.1. The van der Waals surface area contributed by atoms with Crippen molar-refractivity contribution in [3.8, 4) is 17.1 Å². The topological polar surface area (TPSA) is 107 Å². The zero-order chi connectivity index (χ0) is 24.5. The highest BCUT2D eigenvalue weighted by molar-refractivity contribution is 5.93. The van der Waals surface area contributed by atoms with E-state index in [1.54, 1.807) is 24.3 Å². The van der Waals surface area contributed by atoms with Gasteiger partial charge in [-0.25, -0.2) is 0 Å². The predicted molar refractivity (Wildman–Crippen MR) is 129 cm³/mol. The van der Waals surface area contributed by atoms with Gasteiger partial charge >= 0.3 is 0 Å². The van der Waals surface area contributed by atoms with Gasteiger partial charge in [0.15, 0.2) is 11.5 Å². The molecule has 0 aliphatic carbocycles. The molecule has 1 fully saturated rings. The third-order valence-corrected chi connectivity index (χ3v) is 5.86. The number of pyridine rings is 1. The molecule has 3 aromatic rings. The van der Waals surface area contributed by atoms with E-state index in [0.717, 1.165) is 24.1 Å². The van der Waals surface area contributed by atoms with Gasteiger partial charge in [0.2, 0.25) is 5.91 Å². The summed E-state index contributed by atoms with van der Waals surface area (Å²) in [6.45, 7) is 1.84. The zero-order valence-electron chi connectivity index (χ0n) is 19.8. The van der Waals surface area contributed by atoms with Crippen molar-refractivity contribution in [1.82, 2.24) is 20.4 Å². The lowest BCUT2D eigenvalue weighted by molar-refractivity contribution is -0.121. The maximum absolute atomic E-state index is 13.3. The van der Waals surface area contributed by atoms with Crippen molar-refractivity contribution in [2.45, 2.75) is 31.8 Å². The Morgan fingerprint density at radius 3 is 2.89 bits per heavy atom. The van der Waals surface area contributed by atoms with Crippen molar-refractivity contribution < 1.29 is 23.6 Å². The van der Waals surface area contributed by atoms with Crippen LogP contribution in [0.15, 0.2) is 59.3 Å². The molecule has 1 aliphatic rings. The first-order valence-electron chi connectivity index (χ1n) is 11.8. The minimum atomic E-state index is -0.292. The normalized spacial score (nSPS) is 15.1. The molecule has 1 aromatic carbocycles. The Bertz CT molecular complexity index is 1110. The van der Waals surface area contributed by atoms with Crippen LogP contribution in [0.3, 0.4) is 0 Å². The summed E-state index contributed by atoms with van der Waals surface area (Å²) >= 11 is 0. The van der Waals surface area contributed by atoms with Crippen molar-refractivity contribution in [2.24, 2.45) is 0 Å². The van der Waals surface area contributed by atoms with E-state index < -0.39 is 0 Å². The van der Waals surface area contributed by atoms with Gasteiger partial charge in [-0.15, -0.1) is 0 Å². The highest BCUT2D eigenvalue weighted by atomic mass is 16.5. The monoisotopic (exact) mass is 478 g/mol. The quantitative estimate of drug-likeness (QED) is 0.451. The van der Waals surface area contributed by atoms with E-state index in [1.807, 2.05) is 42.5 Å². The summed E-state index contributed by atoms with van der Waals surface area (Å²) < 4.78 is 16.4. The molecule has 1 aliphatic heterocycles. The third kappa shape index (κ3) is 6.89. The van der Waals surface area contributed by atoms with E-state index >= 15 is 0 Å². The summed E-state index contributed by atoms with van der Waals surface area (Å²) in [4.78, 5) is 31.6. The van der Waals surface area contributed by atoms with Gasteiger partial charge in [0.05, 0.1) is 13.2 Å². The maximum atomic E-state index is 13.3. The van der Waals surface area contributed by atoms with Crippen LogP contribution in [-0.4, -0.2) is 66.3 Å². The van der Waals surface area contributed by atoms with Crippen LogP contribution in [0.2, 0.25) is 0 Å². The summed E-state index contributed by atoms with van der Waals surface area (Å²) in [7, 11) is 1.59. The first-order valence-corrected chi connectivity index (χ1v) is 11.8. The summed E-state index contributed by atoms with van der Waals surface area (Å²) in [5, 5.41) is 6.90. The van der Waals surface area contributed by atoms with Crippen LogP contribution < -0.4 is 10.1 Å².